The van der Waals surface area contributed by atoms with Gasteiger partial charge in [0.15, 0.2) is 0 Å². The van der Waals surface area contributed by atoms with Gasteiger partial charge < -0.3 is 9.88 Å². The molecule has 29 heavy (non-hydrogen) atoms. The summed E-state index contributed by atoms with van der Waals surface area (Å²) in [6.07, 6.45) is 0. The minimum absolute atomic E-state index is 0.0649. The Kier molecular flexibility index (Phi) is 5.40. The molecule has 1 aromatic heterocycles. The number of aromatic nitrogens is 2. The van der Waals surface area contributed by atoms with Crippen LogP contribution < -0.4 is 16.4 Å². The van der Waals surface area contributed by atoms with E-state index in [4.69, 9.17) is 5.14 Å². The van der Waals surface area contributed by atoms with E-state index >= 15 is 0 Å². The van der Waals surface area contributed by atoms with Crippen LogP contribution in [0.15, 0.2) is 63.0 Å². The molecule has 152 valence electrons. The number of amides is 1. The number of hydrogen-bond donors (Lipinski definition) is 2. The maximum Gasteiger partial charge on any atom is 0.329 e. The average molecular weight is 416 g/mol. The highest BCUT2D eigenvalue weighted by molar-refractivity contribution is 7.89. The third kappa shape index (κ3) is 4.13. The molecule has 0 saturated carbocycles. The first-order valence-corrected chi connectivity index (χ1v) is 10.2. The maximum absolute atomic E-state index is 12.7. The summed E-state index contributed by atoms with van der Waals surface area (Å²) in [4.78, 5) is 41.4. The van der Waals surface area contributed by atoms with Crippen molar-refractivity contribution in [3.8, 4) is 0 Å². The first-order valence-electron chi connectivity index (χ1n) is 8.70. The standard InChI is InChI=1S/C19H20N4O5S/c1-12(13-6-5-7-14(10-13)29(20,27)28)22(2)17(24)11-23-18(25)15-8-3-4-9-16(15)21-19(23)26/h3-10,12H,11H2,1-2H3,(H,21,26)(H2,20,27,28). The van der Waals surface area contributed by atoms with Gasteiger partial charge >= 0.3 is 5.69 Å². The fraction of sp³-hybridized carbons (Fsp3) is 0.211. The number of sulfonamides is 1. The zero-order chi connectivity index (χ0) is 21.3. The Hall–Kier alpha value is -3.24. The van der Waals surface area contributed by atoms with Crippen LogP contribution in [0.25, 0.3) is 10.9 Å². The van der Waals surface area contributed by atoms with Crippen LogP contribution >= 0.6 is 0 Å². The molecule has 0 saturated heterocycles. The number of hydrogen-bond acceptors (Lipinski definition) is 5. The second-order valence-electron chi connectivity index (χ2n) is 6.67. The Morgan fingerprint density at radius 3 is 2.55 bits per heavy atom. The summed E-state index contributed by atoms with van der Waals surface area (Å²) in [5.74, 6) is -0.485. The number of primary sulfonamides is 1. The topological polar surface area (TPSA) is 135 Å². The van der Waals surface area contributed by atoms with Crippen molar-refractivity contribution in [3.05, 3.63) is 74.9 Å². The molecule has 0 radical (unpaired) electrons. The monoisotopic (exact) mass is 416 g/mol. The molecular weight excluding hydrogens is 396 g/mol. The normalized spacial score (nSPS) is 12.7. The lowest BCUT2D eigenvalue weighted by atomic mass is 10.1. The van der Waals surface area contributed by atoms with E-state index in [-0.39, 0.29) is 4.90 Å². The number of nitrogens with zero attached hydrogens (tertiary/aromatic N) is 2. The van der Waals surface area contributed by atoms with Gasteiger partial charge in [0.2, 0.25) is 15.9 Å². The van der Waals surface area contributed by atoms with Gasteiger partial charge in [-0.25, -0.2) is 18.4 Å². The second-order valence-corrected chi connectivity index (χ2v) is 8.23. The van der Waals surface area contributed by atoms with E-state index in [1.807, 2.05) is 0 Å². The lowest BCUT2D eigenvalue weighted by Gasteiger charge is -2.26. The van der Waals surface area contributed by atoms with Crippen molar-refractivity contribution in [3.63, 3.8) is 0 Å². The SMILES string of the molecule is CC(c1cccc(S(N)(=O)=O)c1)N(C)C(=O)Cn1c(=O)[nH]c2ccccc2c1=O. The van der Waals surface area contributed by atoms with E-state index in [0.717, 1.165) is 4.57 Å². The Balaban J connectivity index is 1.89. The van der Waals surface area contributed by atoms with Crippen LogP contribution in [-0.4, -0.2) is 35.8 Å². The van der Waals surface area contributed by atoms with E-state index in [2.05, 4.69) is 4.98 Å². The van der Waals surface area contributed by atoms with E-state index in [1.165, 1.54) is 30.1 Å². The summed E-state index contributed by atoms with van der Waals surface area (Å²) in [5, 5.41) is 5.46. The molecule has 10 heteroatoms. The Labute approximate surface area is 166 Å². The van der Waals surface area contributed by atoms with Crippen molar-refractivity contribution in [2.45, 2.75) is 24.4 Å². The smallest absolute Gasteiger partial charge is 0.329 e. The zero-order valence-corrected chi connectivity index (χ0v) is 16.6. The van der Waals surface area contributed by atoms with Crippen LogP contribution in [0.1, 0.15) is 18.5 Å². The van der Waals surface area contributed by atoms with Crippen molar-refractivity contribution in [1.29, 1.82) is 0 Å². The van der Waals surface area contributed by atoms with Crippen LogP contribution in [-0.2, 0) is 21.4 Å². The van der Waals surface area contributed by atoms with Crippen molar-refractivity contribution in [2.24, 2.45) is 5.14 Å². The third-order valence-corrected chi connectivity index (χ3v) is 5.74. The molecule has 0 fully saturated rings. The Morgan fingerprint density at radius 2 is 1.86 bits per heavy atom. The number of rotatable bonds is 5. The van der Waals surface area contributed by atoms with Crippen LogP contribution in [0.2, 0.25) is 0 Å². The molecule has 0 aliphatic carbocycles. The number of aromatic amines is 1. The number of nitrogens with two attached hydrogens (primary N) is 1. The fourth-order valence-electron chi connectivity index (χ4n) is 2.98. The fourth-order valence-corrected chi connectivity index (χ4v) is 3.55. The molecule has 0 spiro atoms. The minimum atomic E-state index is -3.88. The molecule has 3 aromatic rings. The van der Waals surface area contributed by atoms with Crippen molar-refractivity contribution in [1.82, 2.24) is 14.5 Å². The highest BCUT2D eigenvalue weighted by atomic mass is 32.2. The second kappa shape index (κ2) is 7.64. The molecule has 3 rings (SSSR count). The summed E-state index contributed by atoms with van der Waals surface area (Å²) < 4.78 is 24.0. The summed E-state index contributed by atoms with van der Waals surface area (Å²) in [7, 11) is -2.37. The highest BCUT2D eigenvalue weighted by Gasteiger charge is 2.21. The maximum atomic E-state index is 12.7. The van der Waals surface area contributed by atoms with Gasteiger partial charge in [0, 0.05) is 7.05 Å². The van der Waals surface area contributed by atoms with Gasteiger partial charge in [-0.3, -0.25) is 14.2 Å². The van der Waals surface area contributed by atoms with E-state index < -0.39 is 39.8 Å². The quantitative estimate of drug-likeness (QED) is 0.626. The number of benzene rings is 2. The predicted octanol–water partition coefficient (Wildman–Crippen LogP) is 0.557. The molecule has 0 bridgehead atoms. The van der Waals surface area contributed by atoms with Gasteiger partial charge in [-0.2, -0.15) is 0 Å². The molecule has 1 heterocycles. The average Bonchev–Trinajstić information content (AvgIpc) is 2.69. The molecule has 1 amide bonds. The van der Waals surface area contributed by atoms with Gasteiger partial charge in [0.25, 0.3) is 5.56 Å². The highest BCUT2D eigenvalue weighted by Crippen LogP contribution is 2.21. The first kappa shape index (κ1) is 20.5. The van der Waals surface area contributed by atoms with Gasteiger partial charge in [0.05, 0.1) is 21.8 Å². The summed E-state index contributed by atoms with van der Waals surface area (Å²) in [6.45, 7) is 1.25. The van der Waals surface area contributed by atoms with Crippen LogP contribution in [0.5, 0.6) is 0 Å². The van der Waals surface area contributed by atoms with Gasteiger partial charge in [-0.05, 0) is 36.8 Å². The van der Waals surface area contributed by atoms with Crippen molar-refractivity contribution >= 4 is 26.8 Å². The lowest BCUT2D eigenvalue weighted by Crippen LogP contribution is -2.41. The van der Waals surface area contributed by atoms with Crippen molar-refractivity contribution in [2.75, 3.05) is 7.05 Å². The lowest BCUT2D eigenvalue weighted by molar-refractivity contribution is -0.132. The molecule has 9 nitrogen and oxygen atoms in total. The summed E-state index contributed by atoms with van der Waals surface area (Å²) in [5.41, 5.74) is -0.297. The van der Waals surface area contributed by atoms with Crippen LogP contribution in [0.3, 0.4) is 0 Å². The number of fused-ring (bicyclic) bond motifs is 1. The largest absolute Gasteiger partial charge is 0.337 e. The Bertz CT molecular complexity index is 1310. The summed E-state index contributed by atoms with van der Waals surface area (Å²) >= 11 is 0. The van der Waals surface area contributed by atoms with Gasteiger partial charge in [0.1, 0.15) is 6.54 Å². The van der Waals surface area contributed by atoms with E-state index in [1.54, 1.807) is 37.3 Å². The molecule has 2 aromatic carbocycles. The van der Waals surface area contributed by atoms with E-state index in [9.17, 15) is 22.8 Å². The number of nitrogens with one attached hydrogen (secondary N) is 1. The molecule has 1 atom stereocenters. The molecule has 1 unspecified atom stereocenters. The number of para-hydroxylation sites is 1. The Morgan fingerprint density at radius 1 is 1.17 bits per heavy atom. The van der Waals surface area contributed by atoms with Gasteiger partial charge in [-0.1, -0.05) is 24.3 Å². The predicted molar refractivity (Wildman–Crippen MR) is 108 cm³/mol. The van der Waals surface area contributed by atoms with Crippen LogP contribution in [0, 0.1) is 0 Å². The zero-order valence-electron chi connectivity index (χ0n) is 15.8. The number of carbonyl (C=O) groups excluding carboxylic acids is 1. The first-order chi connectivity index (χ1) is 13.6. The summed E-state index contributed by atoms with van der Waals surface area (Å²) in [6, 6.07) is 12.0. The van der Waals surface area contributed by atoms with E-state index in [0.29, 0.717) is 16.5 Å². The minimum Gasteiger partial charge on any atom is -0.337 e. The molecule has 0 aliphatic rings. The number of H-pyrrole nitrogens is 1. The van der Waals surface area contributed by atoms with Crippen LogP contribution in [0.4, 0.5) is 0 Å². The number of carbonyl (C=O) groups is 1. The molecule has 0 aliphatic heterocycles. The third-order valence-electron chi connectivity index (χ3n) is 4.83. The number of likely N-dealkylation sites (N-methyl/N-ethyl adjacent to an activating group) is 1. The molecular formula is C19H20N4O5S. The van der Waals surface area contributed by atoms with Gasteiger partial charge in [-0.15, -0.1) is 0 Å². The molecule has 3 N–H and O–H groups in total. The van der Waals surface area contributed by atoms with Crippen molar-refractivity contribution < 1.29 is 13.2 Å².